The van der Waals surface area contributed by atoms with E-state index in [2.05, 4.69) is 0 Å². The third-order valence-electron chi connectivity index (χ3n) is 10.8. The van der Waals surface area contributed by atoms with E-state index in [1.807, 2.05) is 86.6 Å². The minimum Gasteiger partial charge on any atom is -0.307 e. The third kappa shape index (κ3) is 5.86. The lowest BCUT2D eigenvalue weighted by molar-refractivity contribution is -0.142. The van der Waals surface area contributed by atoms with Crippen molar-refractivity contribution in [3.63, 3.8) is 0 Å². The predicted octanol–water partition coefficient (Wildman–Crippen LogP) is 13.2. The number of para-hydroxylation sites is 2. The van der Waals surface area contributed by atoms with Gasteiger partial charge >= 0.3 is 12.4 Å². The first-order chi connectivity index (χ1) is 27.7. The first-order valence-corrected chi connectivity index (χ1v) is 18.3. The lowest BCUT2D eigenvalue weighted by Crippen LogP contribution is -2.29. The zero-order valence-electron chi connectivity index (χ0n) is 30.8. The molecule has 2 amide bonds. The minimum atomic E-state index is -5.16. The van der Waals surface area contributed by atoms with Crippen LogP contribution in [0.2, 0.25) is 0 Å². The Morgan fingerprint density at radius 3 is 1.74 bits per heavy atom. The lowest BCUT2D eigenvalue weighted by Gasteiger charge is -2.19. The molecule has 9 rings (SSSR count). The number of carbonyl (C=O) groups excluding carboxylic acids is 2. The molecule has 8 aromatic rings. The average molecular weight is 781 g/mol. The predicted molar refractivity (Wildman–Crippen MR) is 214 cm³/mol. The van der Waals surface area contributed by atoms with Gasteiger partial charge in [-0.25, -0.2) is 4.90 Å². The van der Waals surface area contributed by atoms with Crippen molar-refractivity contribution >= 4 is 39.3 Å². The SMILES string of the molecule is Cc1ccc(-c2cccc3c4cccc(-c5ccc(C(F)(F)F)cc5C(F)(F)F)c4n(-c4cccc5c4C(=O)N(c4cccc(-c6ccccc6)c4)C5=O)c23)c(C)c1. The number of fused-ring (bicyclic) bond motifs is 4. The molecule has 0 fully saturated rings. The Balaban J connectivity index is 1.36. The number of imide groups is 1. The van der Waals surface area contributed by atoms with E-state index in [1.165, 1.54) is 12.1 Å². The van der Waals surface area contributed by atoms with E-state index in [1.54, 1.807) is 47.0 Å². The number of aryl methyl sites for hydroxylation is 2. The van der Waals surface area contributed by atoms with Crippen LogP contribution < -0.4 is 4.90 Å². The molecule has 0 atom stereocenters. The third-order valence-corrected chi connectivity index (χ3v) is 10.8. The van der Waals surface area contributed by atoms with Gasteiger partial charge < -0.3 is 4.57 Å². The number of halogens is 6. The number of carbonyl (C=O) groups is 2. The van der Waals surface area contributed by atoms with Crippen molar-refractivity contribution < 1.29 is 35.9 Å². The van der Waals surface area contributed by atoms with Crippen molar-refractivity contribution in [3.05, 3.63) is 179 Å². The fourth-order valence-corrected chi connectivity index (χ4v) is 8.24. The molecular formula is C48H30F6N2O2. The molecule has 1 aliphatic rings. The lowest BCUT2D eigenvalue weighted by atomic mass is 9.94. The number of alkyl halides is 6. The zero-order valence-corrected chi connectivity index (χ0v) is 30.8. The van der Waals surface area contributed by atoms with Gasteiger partial charge in [0.15, 0.2) is 0 Å². The van der Waals surface area contributed by atoms with Gasteiger partial charge in [0.1, 0.15) is 0 Å². The summed E-state index contributed by atoms with van der Waals surface area (Å²) in [6.07, 6.45) is -10.2. The van der Waals surface area contributed by atoms with E-state index in [0.717, 1.165) is 38.8 Å². The fourth-order valence-electron chi connectivity index (χ4n) is 8.24. The highest BCUT2D eigenvalue weighted by molar-refractivity contribution is 6.36. The maximum atomic E-state index is 14.8. The van der Waals surface area contributed by atoms with Gasteiger partial charge in [-0.15, -0.1) is 0 Å². The second-order valence-corrected chi connectivity index (χ2v) is 14.4. The Bertz CT molecular complexity index is 3000. The van der Waals surface area contributed by atoms with Crippen LogP contribution in [-0.2, 0) is 12.4 Å². The molecule has 0 bridgehead atoms. The number of amides is 2. The van der Waals surface area contributed by atoms with Crippen LogP contribution in [0.4, 0.5) is 32.0 Å². The van der Waals surface area contributed by atoms with Gasteiger partial charge in [0.25, 0.3) is 11.8 Å². The normalized spacial score (nSPS) is 13.2. The van der Waals surface area contributed by atoms with Crippen molar-refractivity contribution in [2.45, 2.75) is 26.2 Å². The molecule has 10 heteroatoms. The highest BCUT2D eigenvalue weighted by Gasteiger charge is 2.41. The highest BCUT2D eigenvalue weighted by Crippen LogP contribution is 2.47. The van der Waals surface area contributed by atoms with Crippen LogP contribution in [0.5, 0.6) is 0 Å². The molecule has 0 N–H and O–H groups in total. The summed E-state index contributed by atoms with van der Waals surface area (Å²) in [6.45, 7) is 3.90. The monoisotopic (exact) mass is 780 g/mol. The number of rotatable bonds is 5. The fraction of sp³-hybridized carbons (Fsp3) is 0.0833. The van der Waals surface area contributed by atoms with Gasteiger partial charge in [-0.05, 0) is 78.1 Å². The van der Waals surface area contributed by atoms with Gasteiger partial charge in [0, 0.05) is 21.9 Å². The van der Waals surface area contributed by atoms with E-state index >= 15 is 0 Å². The Morgan fingerprint density at radius 2 is 1.09 bits per heavy atom. The van der Waals surface area contributed by atoms with Gasteiger partial charge in [0.05, 0.1) is 44.7 Å². The van der Waals surface area contributed by atoms with E-state index < -0.39 is 40.9 Å². The number of nitrogens with zero attached hydrogens (tertiary/aromatic N) is 2. The molecule has 2 heterocycles. The van der Waals surface area contributed by atoms with Crippen molar-refractivity contribution in [1.82, 2.24) is 4.57 Å². The van der Waals surface area contributed by atoms with Gasteiger partial charge in [-0.3, -0.25) is 9.59 Å². The number of aromatic nitrogens is 1. The molecule has 0 unspecified atom stereocenters. The van der Waals surface area contributed by atoms with Crippen LogP contribution in [-0.4, -0.2) is 16.4 Å². The van der Waals surface area contributed by atoms with Gasteiger partial charge in [-0.2, -0.15) is 26.3 Å². The van der Waals surface area contributed by atoms with E-state index in [0.29, 0.717) is 33.6 Å². The summed E-state index contributed by atoms with van der Waals surface area (Å²) in [5.74, 6) is -1.22. The Hall–Kier alpha value is -6.94. The van der Waals surface area contributed by atoms with Gasteiger partial charge in [-0.1, -0.05) is 115 Å². The summed E-state index contributed by atoms with van der Waals surface area (Å²) in [5.41, 5.74) is 3.15. The molecule has 58 heavy (non-hydrogen) atoms. The molecule has 0 saturated carbocycles. The standard InChI is InChI=1S/C48H30F6N2O2/c1-27-20-22-33(28(2)24-27)35-14-7-16-37-38-17-8-15-36(34-23-21-31(47(49,50)51)26-40(34)48(52,53)54)44(38)56(43(35)37)41-19-9-18-39-42(41)46(58)55(45(39)57)32-13-6-12-30(25-32)29-10-4-3-5-11-29/h3-26H,1-2H3. The van der Waals surface area contributed by atoms with Gasteiger partial charge in [0.2, 0.25) is 0 Å². The molecule has 7 aromatic carbocycles. The van der Waals surface area contributed by atoms with Crippen LogP contribution in [0, 0.1) is 13.8 Å². The summed E-state index contributed by atoms with van der Waals surface area (Å²) in [6, 6.07) is 39.1. The molecule has 0 spiro atoms. The maximum Gasteiger partial charge on any atom is 0.417 e. The van der Waals surface area contributed by atoms with Crippen molar-refractivity contribution in [1.29, 1.82) is 0 Å². The largest absolute Gasteiger partial charge is 0.417 e. The topological polar surface area (TPSA) is 42.3 Å². The van der Waals surface area contributed by atoms with E-state index in [4.69, 9.17) is 0 Å². The van der Waals surface area contributed by atoms with Crippen molar-refractivity contribution in [2.75, 3.05) is 4.90 Å². The summed E-state index contributed by atoms with van der Waals surface area (Å²) in [4.78, 5) is 30.2. The molecule has 0 aliphatic carbocycles. The number of benzene rings is 7. The number of hydrogen-bond acceptors (Lipinski definition) is 2. The Kier molecular flexibility index (Phi) is 8.43. The molecule has 1 aliphatic heterocycles. The number of hydrogen-bond donors (Lipinski definition) is 0. The Labute approximate surface area is 328 Å². The minimum absolute atomic E-state index is 0.0110. The molecule has 0 saturated heterocycles. The van der Waals surface area contributed by atoms with Crippen LogP contribution >= 0.6 is 0 Å². The smallest absolute Gasteiger partial charge is 0.307 e. The maximum absolute atomic E-state index is 14.8. The molecule has 286 valence electrons. The summed E-state index contributed by atoms with van der Waals surface area (Å²) < 4.78 is 87.8. The second kappa shape index (κ2) is 13.3. The molecule has 1 aromatic heterocycles. The highest BCUT2D eigenvalue weighted by atomic mass is 19.4. The summed E-state index contributed by atoms with van der Waals surface area (Å²) >= 11 is 0. The average Bonchev–Trinajstić information content (AvgIpc) is 3.68. The summed E-state index contributed by atoms with van der Waals surface area (Å²) in [5, 5.41) is 1.12. The first-order valence-electron chi connectivity index (χ1n) is 18.3. The first kappa shape index (κ1) is 36.7. The molecule has 0 radical (unpaired) electrons. The number of anilines is 1. The van der Waals surface area contributed by atoms with Crippen LogP contribution in [0.25, 0.3) is 60.9 Å². The van der Waals surface area contributed by atoms with Crippen molar-refractivity contribution in [3.8, 4) is 39.1 Å². The van der Waals surface area contributed by atoms with E-state index in [9.17, 15) is 35.9 Å². The second-order valence-electron chi connectivity index (χ2n) is 14.4. The van der Waals surface area contributed by atoms with Crippen LogP contribution in [0.1, 0.15) is 43.0 Å². The zero-order chi connectivity index (χ0) is 40.7. The van der Waals surface area contributed by atoms with Crippen LogP contribution in [0.15, 0.2) is 146 Å². The van der Waals surface area contributed by atoms with E-state index in [-0.39, 0.29) is 34.0 Å². The van der Waals surface area contributed by atoms with Crippen molar-refractivity contribution in [2.24, 2.45) is 0 Å². The Morgan fingerprint density at radius 1 is 0.483 bits per heavy atom. The van der Waals surface area contributed by atoms with Crippen LogP contribution in [0.3, 0.4) is 0 Å². The molecular weight excluding hydrogens is 751 g/mol. The summed E-state index contributed by atoms with van der Waals surface area (Å²) in [7, 11) is 0. The quantitative estimate of drug-likeness (QED) is 0.129. The molecule has 4 nitrogen and oxygen atoms in total.